The van der Waals surface area contributed by atoms with Gasteiger partial charge in [-0.25, -0.2) is 9.98 Å². The molecule has 0 saturated carbocycles. The Morgan fingerprint density at radius 1 is 1.00 bits per heavy atom. The molecule has 7 nitrogen and oxygen atoms in total. The van der Waals surface area contributed by atoms with E-state index < -0.39 is 0 Å². The van der Waals surface area contributed by atoms with Gasteiger partial charge in [0.05, 0.1) is 30.6 Å². The van der Waals surface area contributed by atoms with Crippen LogP contribution in [0.3, 0.4) is 0 Å². The summed E-state index contributed by atoms with van der Waals surface area (Å²) in [5.74, 6) is 2.55. The molecule has 29 heavy (non-hydrogen) atoms. The molecule has 0 radical (unpaired) electrons. The maximum atomic E-state index is 5.73. The molecule has 0 unspecified atom stereocenters. The minimum absolute atomic E-state index is 0.178. The van der Waals surface area contributed by atoms with Crippen molar-refractivity contribution in [3.8, 4) is 0 Å². The van der Waals surface area contributed by atoms with E-state index in [9.17, 15) is 0 Å². The molecule has 4 heterocycles. The summed E-state index contributed by atoms with van der Waals surface area (Å²) in [5.41, 5.74) is 3.30. The largest absolute Gasteiger partial charge is 0.465 e. The lowest BCUT2D eigenvalue weighted by Crippen LogP contribution is -2.57. The van der Waals surface area contributed by atoms with Gasteiger partial charge in [0.2, 0.25) is 11.9 Å². The number of nitrogens with one attached hydrogen (secondary N) is 1. The molecule has 144 valence electrons. The lowest BCUT2D eigenvalue weighted by atomic mass is 10.2. The van der Waals surface area contributed by atoms with E-state index in [-0.39, 0.29) is 6.17 Å². The summed E-state index contributed by atoms with van der Waals surface area (Å²) in [6, 6.07) is 22.6. The molecular weight excluding hydrogens is 364 g/mol. The van der Waals surface area contributed by atoms with Crippen molar-refractivity contribution in [2.75, 3.05) is 18.2 Å². The predicted molar refractivity (Wildman–Crippen MR) is 111 cm³/mol. The molecule has 2 aromatic carbocycles. The molecule has 4 aromatic rings. The van der Waals surface area contributed by atoms with Crippen molar-refractivity contribution in [2.45, 2.75) is 12.7 Å². The van der Waals surface area contributed by atoms with Gasteiger partial charge in [0.1, 0.15) is 5.76 Å². The number of hydrogen-bond acceptors (Lipinski definition) is 6. The van der Waals surface area contributed by atoms with E-state index in [0.29, 0.717) is 6.67 Å². The molecule has 0 bridgehead atoms. The number of nitrogens with zero attached hydrogens (tertiary/aromatic N) is 5. The fourth-order valence-corrected chi connectivity index (χ4v) is 4.10. The second kappa shape index (κ2) is 6.49. The van der Waals surface area contributed by atoms with E-state index >= 15 is 0 Å². The van der Waals surface area contributed by atoms with Crippen molar-refractivity contribution < 1.29 is 4.42 Å². The third kappa shape index (κ3) is 2.70. The average molecular weight is 384 g/mol. The summed E-state index contributed by atoms with van der Waals surface area (Å²) < 4.78 is 7.93. The number of imidazole rings is 1. The molecule has 2 aromatic heterocycles. The third-order valence-corrected chi connectivity index (χ3v) is 5.42. The van der Waals surface area contributed by atoms with E-state index in [1.54, 1.807) is 6.26 Å². The normalized spacial score (nSPS) is 18.8. The third-order valence-electron chi connectivity index (χ3n) is 5.42. The molecule has 0 fully saturated rings. The molecule has 1 N–H and O–H groups in total. The number of furan rings is 1. The van der Waals surface area contributed by atoms with Crippen molar-refractivity contribution in [1.82, 2.24) is 19.8 Å². The Balaban J connectivity index is 1.42. The molecule has 0 spiro atoms. The van der Waals surface area contributed by atoms with Crippen LogP contribution in [0.5, 0.6) is 0 Å². The van der Waals surface area contributed by atoms with Crippen LogP contribution in [-0.4, -0.2) is 33.7 Å². The van der Waals surface area contributed by atoms with Gasteiger partial charge in [-0.3, -0.25) is 14.4 Å². The monoisotopic (exact) mass is 384 g/mol. The van der Waals surface area contributed by atoms with Crippen LogP contribution >= 0.6 is 0 Å². The Morgan fingerprint density at radius 2 is 1.86 bits per heavy atom. The molecule has 2 aliphatic heterocycles. The topological polar surface area (TPSA) is 61.8 Å². The van der Waals surface area contributed by atoms with Crippen LogP contribution in [0.15, 0.2) is 82.4 Å². The van der Waals surface area contributed by atoms with E-state index in [2.05, 4.69) is 50.0 Å². The van der Waals surface area contributed by atoms with Crippen LogP contribution in [0.4, 0.5) is 5.95 Å². The number of aromatic nitrogens is 2. The maximum absolute atomic E-state index is 5.73. The Kier molecular flexibility index (Phi) is 3.67. The van der Waals surface area contributed by atoms with Crippen LogP contribution in [-0.2, 0) is 6.54 Å². The highest BCUT2D eigenvalue weighted by atomic mass is 16.3. The maximum Gasteiger partial charge on any atom is 0.216 e. The van der Waals surface area contributed by atoms with Crippen molar-refractivity contribution in [2.24, 2.45) is 4.99 Å². The SMILES string of the molecule is c1ccc(CN2CN=C3N[C@@H](c4ccco4)n4c(nc5ccccc54)N3C2)cc1. The van der Waals surface area contributed by atoms with Gasteiger partial charge in [-0.1, -0.05) is 42.5 Å². The Bertz CT molecular complexity index is 1180. The first-order valence-electron chi connectivity index (χ1n) is 9.72. The molecule has 0 aliphatic carbocycles. The van der Waals surface area contributed by atoms with Crippen molar-refractivity contribution in [1.29, 1.82) is 0 Å². The summed E-state index contributed by atoms with van der Waals surface area (Å²) in [4.78, 5) is 14.2. The van der Waals surface area contributed by atoms with E-state index in [0.717, 1.165) is 41.9 Å². The van der Waals surface area contributed by atoms with Crippen molar-refractivity contribution in [3.05, 3.63) is 84.3 Å². The second-order valence-electron chi connectivity index (χ2n) is 7.34. The van der Waals surface area contributed by atoms with E-state index in [4.69, 9.17) is 14.4 Å². The number of benzene rings is 2. The van der Waals surface area contributed by atoms with Crippen molar-refractivity contribution >= 4 is 22.9 Å². The van der Waals surface area contributed by atoms with Gasteiger partial charge in [-0.05, 0) is 29.8 Å². The fourth-order valence-electron chi connectivity index (χ4n) is 4.10. The van der Waals surface area contributed by atoms with Gasteiger partial charge in [0.25, 0.3) is 0 Å². The van der Waals surface area contributed by atoms with E-state index in [1.165, 1.54) is 5.56 Å². The first-order valence-corrected chi connectivity index (χ1v) is 9.72. The van der Waals surface area contributed by atoms with Crippen molar-refractivity contribution in [3.63, 3.8) is 0 Å². The highest BCUT2D eigenvalue weighted by molar-refractivity contribution is 5.98. The first kappa shape index (κ1) is 16.4. The van der Waals surface area contributed by atoms with Gasteiger partial charge in [0, 0.05) is 6.54 Å². The zero-order valence-corrected chi connectivity index (χ0v) is 15.8. The number of fused-ring (bicyclic) bond motifs is 5. The summed E-state index contributed by atoms with van der Waals surface area (Å²) in [6.45, 7) is 2.20. The first-order chi connectivity index (χ1) is 14.4. The summed E-state index contributed by atoms with van der Waals surface area (Å²) >= 11 is 0. The minimum atomic E-state index is -0.178. The Labute approximate surface area is 167 Å². The molecule has 0 saturated heterocycles. The number of rotatable bonds is 3. The van der Waals surface area contributed by atoms with Gasteiger partial charge in [0.15, 0.2) is 6.17 Å². The Hall–Kier alpha value is -3.58. The van der Waals surface area contributed by atoms with Crippen LogP contribution in [0.25, 0.3) is 11.0 Å². The molecule has 7 heteroatoms. The number of anilines is 1. The summed E-state index contributed by atoms with van der Waals surface area (Å²) in [5, 5.41) is 3.56. The number of aliphatic imine (C=N–C) groups is 1. The number of para-hydroxylation sites is 2. The van der Waals surface area contributed by atoms with Gasteiger partial charge >= 0.3 is 0 Å². The standard InChI is InChI=1S/C22H20N6O/c1-2-7-16(8-3-1)13-26-14-23-21-25-20(19-11-6-12-29-19)28-18-10-5-4-9-17(18)24-22(28)27(21)15-26/h1-12,20H,13-15H2,(H,23,25)/t20-/m1/s1. The molecule has 2 aliphatic rings. The smallest absolute Gasteiger partial charge is 0.216 e. The number of hydrogen-bond donors (Lipinski definition) is 1. The Morgan fingerprint density at radius 3 is 2.72 bits per heavy atom. The zero-order chi connectivity index (χ0) is 19.2. The number of guanidine groups is 1. The molecule has 6 rings (SSSR count). The quantitative estimate of drug-likeness (QED) is 0.587. The lowest BCUT2D eigenvalue weighted by molar-refractivity contribution is 0.262. The fraction of sp³-hybridized carbons (Fsp3) is 0.182. The summed E-state index contributed by atoms with van der Waals surface area (Å²) in [7, 11) is 0. The van der Waals surface area contributed by atoms with Gasteiger partial charge in [-0.2, -0.15) is 0 Å². The highest BCUT2D eigenvalue weighted by Crippen LogP contribution is 2.34. The molecule has 1 atom stereocenters. The summed E-state index contributed by atoms with van der Waals surface area (Å²) in [6.07, 6.45) is 1.52. The lowest BCUT2D eigenvalue weighted by Gasteiger charge is -2.41. The second-order valence-corrected chi connectivity index (χ2v) is 7.34. The van der Waals surface area contributed by atoms with Crippen LogP contribution in [0.1, 0.15) is 17.5 Å². The van der Waals surface area contributed by atoms with Gasteiger partial charge in [-0.15, -0.1) is 0 Å². The predicted octanol–water partition coefficient (Wildman–Crippen LogP) is 3.37. The van der Waals surface area contributed by atoms with Gasteiger partial charge < -0.3 is 9.73 Å². The average Bonchev–Trinajstić information content (AvgIpc) is 3.43. The zero-order valence-electron chi connectivity index (χ0n) is 15.8. The van der Waals surface area contributed by atoms with Crippen LogP contribution < -0.4 is 10.2 Å². The highest BCUT2D eigenvalue weighted by Gasteiger charge is 2.36. The van der Waals surface area contributed by atoms with Crippen LogP contribution in [0, 0.1) is 0 Å². The molecular formula is C22H20N6O. The van der Waals surface area contributed by atoms with Crippen LogP contribution in [0.2, 0.25) is 0 Å². The van der Waals surface area contributed by atoms with E-state index in [1.807, 2.05) is 36.4 Å². The molecule has 0 amide bonds. The minimum Gasteiger partial charge on any atom is -0.465 e.